The van der Waals surface area contributed by atoms with E-state index in [1.54, 1.807) is 23.9 Å². The first kappa shape index (κ1) is 11.5. The van der Waals surface area contributed by atoms with Crippen LogP contribution >= 0.6 is 23.4 Å². The van der Waals surface area contributed by atoms with Gasteiger partial charge in [-0.3, -0.25) is 9.69 Å². The van der Waals surface area contributed by atoms with Gasteiger partial charge >= 0.3 is 5.97 Å². The molecule has 2 heterocycles. The van der Waals surface area contributed by atoms with E-state index in [2.05, 4.69) is 0 Å². The Morgan fingerprint density at radius 3 is 3.00 bits per heavy atom. The molecule has 1 unspecified atom stereocenters. The van der Waals surface area contributed by atoms with Gasteiger partial charge in [0.1, 0.15) is 5.70 Å². The second kappa shape index (κ2) is 4.51. The van der Waals surface area contributed by atoms with Crippen LogP contribution in [-0.4, -0.2) is 38.9 Å². The molecular weight excluding hydrogens is 250 g/mol. The molecule has 0 aromatic heterocycles. The summed E-state index contributed by atoms with van der Waals surface area (Å²) >= 11 is 7.10. The summed E-state index contributed by atoms with van der Waals surface area (Å²) in [5.41, 5.74) is 0.767. The van der Waals surface area contributed by atoms with Crippen molar-refractivity contribution in [2.24, 2.45) is 0 Å². The zero-order valence-corrected chi connectivity index (χ0v) is 9.92. The molecule has 1 N–H and O–H groups in total. The number of fused-ring (bicyclic) bond motifs is 1. The van der Waals surface area contributed by atoms with Crippen molar-refractivity contribution in [1.29, 1.82) is 0 Å². The van der Waals surface area contributed by atoms with E-state index in [0.717, 1.165) is 0 Å². The van der Waals surface area contributed by atoms with Crippen LogP contribution in [0.2, 0.25) is 0 Å². The van der Waals surface area contributed by atoms with Gasteiger partial charge in [-0.15, -0.1) is 23.4 Å². The van der Waals surface area contributed by atoms with Gasteiger partial charge < -0.3 is 5.11 Å². The van der Waals surface area contributed by atoms with E-state index in [9.17, 15) is 9.59 Å². The largest absolute Gasteiger partial charge is 0.477 e. The van der Waals surface area contributed by atoms with Crippen molar-refractivity contribution < 1.29 is 14.7 Å². The molecule has 0 bridgehead atoms. The molecule has 0 aromatic rings. The van der Waals surface area contributed by atoms with Crippen LogP contribution in [0.1, 0.15) is 6.42 Å². The standard InChI is InChI=1S/C10H10ClNO3S/c11-3-1-2-6-5-16-8-4-7(13)12(8)9(6)10(14)15/h1-2,8H,3-5H2,(H,14,15)/b2-1-. The molecule has 4 nitrogen and oxygen atoms in total. The number of carbonyl (C=O) groups is 2. The van der Waals surface area contributed by atoms with Crippen LogP contribution in [0.25, 0.3) is 0 Å². The fourth-order valence-electron chi connectivity index (χ4n) is 1.75. The summed E-state index contributed by atoms with van der Waals surface area (Å²) in [4.78, 5) is 23.9. The van der Waals surface area contributed by atoms with Gasteiger partial charge in [-0.25, -0.2) is 4.79 Å². The Morgan fingerprint density at radius 1 is 1.69 bits per heavy atom. The first-order valence-electron chi connectivity index (χ1n) is 4.77. The summed E-state index contributed by atoms with van der Waals surface area (Å²) in [7, 11) is 0. The second-order valence-corrected chi connectivity index (χ2v) is 4.94. The summed E-state index contributed by atoms with van der Waals surface area (Å²) in [5.74, 6) is -0.221. The van der Waals surface area contributed by atoms with E-state index < -0.39 is 5.97 Å². The lowest BCUT2D eigenvalue weighted by molar-refractivity contribution is -0.146. The number of rotatable bonds is 3. The predicted molar refractivity (Wildman–Crippen MR) is 62.2 cm³/mol. The average molecular weight is 260 g/mol. The number of amides is 1. The zero-order chi connectivity index (χ0) is 11.7. The van der Waals surface area contributed by atoms with Gasteiger partial charge in [-0.05, 0) is 5.57 Å². The molecule has 0 aromatic carbocycles. The van der Waals surface area contributed by atoms with Gasteiger partial charge in [0, 0.05) is 11.6 Å². The molecule has 1 amide bonds. The van der Waals surface area contributed by atoms with Gasteiger partial charge in [0.05, 0.1) is 11.8 Å². The van der Waals surface area contributed by atoms with Crippen molar-refractivity contribution >= 4 is 35.2 Å². The van der Waals surface area contributed by atoms with Crippen molar-refractivity contribution in [3.63, 3.8) is 0 Å². The van der Waals surface area contributed by atoms with Crippen LogP contribution in [0.15, 0.2) is 23.4 Å². The lowest BCUT2D eigenvalue weighted by Gasteiger charge is -2.43. The van der Waals surface area contributed by atoms with E-state index in [0.29, 0.717) is 23.6 Å². The van der Waals surface area contributed by atoms with Crippen molar-refractivity contribution in [3.05, 3.63) is 23.4 Å². The molecule has 0 aliphatic carbocycles. The highest BCUT2D eigenvalue weighted by molar-refractivity contribution is 8.00. The maximum absolute atomic E-state index is 11.4. The summed E-state index contributed by atoms with van der Waals surface area (Å²) in [6.45, 7) is 0. The number of thioether (sulfide) groups is 1. The minimum atomic E-state index is -1.05. The molecule has 0 radical (unpaired) electrons. The molecule has 1 saturated heterocycles. The van der Waals surface area contributed by atoms with Gasteiger partial charge in [-0.2, -0.15) is 0 Å². The molecule has 86 valence electrons. The lowest BCUT2D eigenvalue weighted by atomic mass is 10.1. The quantitative estimate of drug-likeness (QED) is 0.615. The molecule has 2 aliphatic heterocycles. The van der Waals surface area contributed by atoms with Gasteiger partial charge in [0.25, 0.3) is 0 Å². The fraction of sp³-hybridized carbons (Fsp3) is 0.400. The second-order valence-electron chi connectivity index (χ2n) is 3.47. The number of hydrogen-bond donors (Lipinski definition) is 1. The minimum Gasteiger partial charge on any atom is -0.477 e. The lowest BCUT2D eigenvalue weighted by Crippen LogP contribution is -2.53. The third-order valence-electron chi connectivity index (χ3n) is 2.49. The molecule has 1 atom stereocenters. The zero-order valence-electron chi connectivity index (χ0n) is 8.35. The molecule has 2 rings (SSSR count). The number of β-lactam (4-membered cyclic amide) rings is 1. The topological polar surface area (TPSA) is 57.6 Å². The van der Waals surface area contributed by atoms with Crippen molar-refractivity contribution in [2.45, 2.75) is 11.8 Å². The summed E-state index contributed by atoms with van der Waals surface area (Å²) in [5, 5.41) is 9.13. The molecule has 2 aliphatic rings. The van der Waals surface area contributed by atoms with Crippen LogP contribution in [0.4, 0.5) is 0 Å². The molecule has 1 fully saturated rings. The maximum Gasteiger partial charge on any atom is 0.352 e. The highest BCUT2D eigenvalue weighted by Crippen LogP contribution is 2.40. The monoisotopic (exact) mass is 259 g/mol. The first-order chi connectivity index (χ1) is 7.65. The van der Waals surface area contributed by atoms with E-state index >= 15 is 0 Å². The van der Waals surface area contributed by atoms with Crippen LogP contribution in [-0.2, 0) is 9.59 Å². The maximum atomic E-state index is 11.4. The molecule has 16 heavy (non-hydrogen) atoms. The fourth-order valence-corrected chi connectivity index (χ4v) is 3.08. The number of aliphatic carboxylic acids is 1. The van der Waals surface area contributed by atoms with Gasteiger partial charge in [0.15, 0.2) is 0 Å². The number of carbonyl (C=O) groups excluding carboxylic acids is 1. The number of carboxylic acids is 1. The van der Waals surface area contributed by atoms with Crippen LogP contribution in [0.3, 0.4) is 0 Å². The Kier molecular flexibility index (Phi) is 3.25. The van der Waals surface area contributed by atoms with Gasteiger partial charge in [-0.1, -0.05) is 12.2 Å². The van der Waals surface area contributed by atoms with E-state index in [1.165, 1.54) is 4.90 Å². The number of nitrogens with zero attached hydrogens (tertiary/aromatic N) is 1. The van der Waals surface area contributed by atoms with Crippen molar-refractivity contribution in [3.8, 4) is 0 Å². The Morgan fingerprint density at radius 2 is 2.44 bits per heavy atom. The van der Waals surface area contributed by atoms with Crippen molar-refractivity contribution in [2.75, 3.05) is 11.6 Å². The highest BCUT2D eigenvalue weighted by atomic mass is 35.5. The Bertz CT molecular complexity index is 405. The van der Waals surface area contributed by atoms with E-state index in [4.69, 9.17) is 16.7 Å². The third kappa shape index (κ3) is 1.85. The number of carboxylic acid groups (broad SMARTS) is 1. The van der Waals surface area contributed by atoms with Crippen molar-refractivity contribution in [1.82, 2.24) is 4.90 Å². The molecule has 6 heteroatoms. The number of allylic oxidation sites excluding steroid dienone is 2. The Labute approximate surface area is 102 Å². The van der Waals surface area contributed by atoms with Crippen LogP contribution in [0.5, 0.6) is 0 Å². The molecular formula is C10H10ClNO3S. The smallest absolute Gasteiger partial charge is 0.352 e. The van der Waals surface area contributed by atoms with Crippen LogP contribution in [0, 0.1) is 0 Å². The van der Waals surface area contributed by atoms with Crippen LogP contribution < -0.4 is 0 Å². The number of hydrogen-bond acceptors (Lipinski definition) is 3. The predicted octanol–water partition coefficient (Wildman–Crippen LogP) is 1.43. The summed E-state index contributed by atoms with van der Waals surface area (Å²) < 4.78 is 0. The average Bonchev–Trinajstić information content (AvgIpc) is 2.24. The number of alkyl halides is 1. The first-order valence-corrected chi connectivity index (χ1v) is 6.36. The molecule has 0 spiro atoms. The third-order valence-corrected chi connectivity index (χ3v) is 3.91. The van der Waals surface area contributed by atoms with E-state index in [-0.39, 0.29) is 17.0 Å². The van der Waals surface area contributed by atoms with E-state index in [1.807, 2.05) is 0 Å². The Hall–Kier alpha value is -0.940. The summed E-state index contributed by atoms with van der Waals surface area (Å²) in [6, 6.07) is 0. The molecule has 0 saturated carbocycles. The normalized spacial score (nSPS) is 24.7. The highest BCUT2D eigenvalue weighted by Gasteiger charge is 2.44. The minimum absolute atomic E-state index is 0.00625. The summed E-state index contributed by atoms with van der Waals surface area (Å²) in [6.07, 6.45) is 3.81. The SMILES string of the molecule is O=C(O)C1=C(/C=C\CCl)CSC2CC(=O)N12. The van der Waals surface area contributed by atoms with Gasteiger partial charge in [0.2, 0.25) is 5.91 Å². The Balaban J connectivity index is 2.35. The number of halogens is 1.